The summed E-state index contributed by atoms with van der Waals surface area (Å²) in [5, 5.41) is 9.28. The van der Waals surface area contributed by atoms with E-state index < -0.39 is 11.4 Å². The summed E-state index contributed by atoms with van der Waals surface area (Å²) in [6.45, 7) is 10.7. The van der Waals surface area contributed by atoms with E-state index in [4.69, 9.17) is 0 Å². The zero-order valence-corrected chi connectivity index (χ0v) is 13.8. The standard InChI is InChI=1S/C18H24O4/c1-6-9-13-15(17(22)12(5)11(4)16(13)21)18(7-2,8-3)10-14(19)20/h6H,1,7-10H2,2-5H3,(H,19,20). The number of hydrogen-bond acceptors (Lipinski definition) is 3. The van der Waals surface area contributed by atoms with Crippen LogP contribution in [0.25, 0.3) is 0 Å². The Bertz CT molecular complexity index is 586. The van der Waals surface area contributed by atoms with E-state index in [9.17, 15) is 19.5 Å². The molecule has 0 saturated carbocycles. The van der Waals surface area contributed by atoms with Crippen LogP contribution in [0.5, 0.6) is 0 Å². The first-order valence-corrected chi connectivity index (χ1v) is 7.58. The number of aliphatic carboxylic acids is 1. The normalized spacial score (nSPS) is 16.4. The van der Waals surface area contributed by atoms with Crippen LogP contribution in [0, 0.1) is 5.41 Å². The predicted molar refractivity (Wildman–Crippen MR) is 85.5 cm³/mol. The third kappa shape index (κ3) is 2.96. The molecule has 0 aromatic rings. The van der Waals surface area contributed by atoms with Crippen LogP contribution in [0.1, 0.15) is 53.4 Å². The second kappa shape index (κ2) is 6.86. The maximum Gasteiger partial charge on any atom is 0.304 e. The molecule has 0 bridgehead atoms. The molecule has 22 heavy (non-hydrogen) atoms. The molecule has 0 unspecified atom stereocenters. The zero-order valence-electron chi connectivity index (χ0n) is 13.8. The highest BCUT2D eigenvalue weighted by Crippen LogP contribution is 2.45. The minimum Gasteiger partial charge on any atom is -0.481 e. The molecular weight excluding hydrogens is 280 g/mol. The lowest BCUT2D eigenvalue weighted by Gasteiger charge is -2.36. The van der Waals surface area contributed by atoms with E-state index in [2.05, 4.69) is 6.58 Å². The molecule has 1 aliphatic carbocycles. The number of carboxylic acids is 1. The number of carbonyl (C=O) groups is 3. The molecular formula is C18H24O4. The molecule has 0 amide bonds. The van der Waals surface area contributed by atoms with Gasteiger partial charge in [-0.05, 0) is 33.1 Å². The average Bonchev–Trinajstić information content (AvgIpc) is 2.49. The van der Waals surface area contributed by atoms with Gasteiger partial charge >= 0.3 is 5.97 Å². The molecule has 0 heterocycles. The van der Waals surface area contributed by atoms with E-state index in [1.54, 1.807) is 19.9 Å². The largest absolute Gasteiger partial charge is 0.481 e. The van der Waals surface area contributed by atoms with E-state index in [0.29, 0.717) is 35.1 Å². The Morgan fingerprint density at radius 1 is 1.14 bits per heavy atom. The van der Waals surface area contributed by atoms with Crippen molar-refractivity contribution in [3.63, 3.8) is 0 Å². The fourth-order valence-electron chi connectivity index (χ4n) is 3.14. The van der Waals surface area contributed by atoms with E-state index in [1.807, 2.05) is 13.8 Å². The van der Waals surface area contributed by atoms with Crippen molar-refractivity contribution in [3.05, 3.63) is 34.9 Å². The Balaban J connectivity index is 3.65. The molecule has 0 aromatic carbocycles. The van der Waals surface area contributed by atoms with Crippen molar-refractivity contribution in [2.75, 3.05) is 0 Å². The van der Waals surface area contributed by atoms with Gasteiger partial charge in [0.25, 0.3) is 0 Å². The highest BCUT2D eigenvalue weighted by Gasteiger charge is 2.43. The van der Waals surface area contributed by atoms with E-state index >= 15 is 0 Å². The third-order valence-electron chi connectivity index (χ3n) is 4.77. The van der Waals surface area contributed by atoms with Crippen molar-refractivity contribution in [1.29, 1.82) is 0 Å². The van der Waals surface area contributed by atoms with Crippen LogP contribution in [0.4, 0.5) is 0 Å². The fraction of sp³-hybridized carbons (Fsp3) is 0.500. The van der Waals surface area contributed by atoms with Crippen molar-refractivity contribution in [3.8, 4) is 0 Å². The van der Waals surface area contributed by atoms with Gasteiger partial charge < -0.3 is 5.11 Å². The number of rotatable bonds is 7. The zero-order chi connectivity index (χ0) is 17.1. The van der Waals surface area contributed by atoms with E-state index in [0.717, 1.165) is 0 Å². The summed E-state index contributed by atoms with van der Waals surface area (Å²) >= 11 is 0. The summed E-state index contributed by atoms with van der Waals surface area (Å²) in [6.07, 6.45) is 2.72. The van der Waals surface area contributed by atoms with Crippen LogP contribution < -0.4 is 0 Å². The molecule has 0 aliphatic heterocycles. The van der Waals surface area contributed by atoms with Crippen LogP contribution in [-0.2, 0) is 14.4 Å². The Kier molecular flexibility index (Phi) is 5.64. The number of Topliss-reactive ketones (excluding diaryl/α,β-unsaturated/α-hetero) is 2. The summed E-state index contributed by atoms with van der Waals surface area (Å²) in [4.78, 5) is 36.7. The van der Waals surface area contributed by atoms with Gasteiger partial charge in [0.15, 0.2) is 11.6 Å². The molecule has 0 radical (unpaired) electrons. The lowest BCUT2D eigenvalue weighted by atomic mass is 9.65. The van der Waals surface area contributed by atoms with Crippen LogP contribution in [0.3, 0.4) is 0 Å². The third-order valence-corrected chi connectivity index (χ3v) is 4.77. The second-order valence-electron chi connectivity index (χ2n) is 5.81. The lowest BCUT2D eigenvalue weighted by molar-refractivity contribution is -0.139. The van der Waals surface area contributed by atoms with Crippen LogP contribution in [0.2, 0.25) is 0 Å². The van der Waals surface area contributed by atoms with Gasteiger partial charge in [-0.1, -0.05) is 19.9 Å². The van der Waals surface area contributed by atoms with Crippen molar-refractivity contribution < 1.29 is 19.5 Å². The lowest BCUT2D eigenvalue weighted by Crippen LogP contribution is -2.35. The van der Waals surface area contributed by atoms with Gasteiger partial charge in [-0.25, -0.2) is 0 Å². The summed E-state index contributed by atoms with van der Waals surface area (Å²) in [5.41, 5.74) is 0.853. The second-order valence-corrected chi connectivity index (χ2v) is 5.81. The molecule has 0 atom stereocenters. The topological polar surface area (TPSA) is 71.4 Å². The maximum atomic E-state index is 12.8. The number of allylic oxidation sites excluding steroid dienone is 5. The van der Waals surface area contributed by atoms with Gasteiger partial charge in [0.2, 0.25) is 0 Å². The Hall–Kier alpha value is -1.97. The SMILES string of the molecule is C=CCC1=C(C(CC)(CC)CC(=O)O)C(=O)C(C)=C(C)C1=O. The van der Waals surface area contributed by atoms with Gasteiger partial charge in [0.1, 0.15) is 0 Å². The summed E-state index contributed by atoms with van der Waals surface area (Å²) in [6, 6.07) is 0. The molecule has 0 spiro atoms. The number of ketones is 2. The van der Waals surface area contributed by atoms with Crippen molar-refractivity contribution in [1.82, 2.24) is 0 Å². The van der Waals surface area contributed by atoms with Gasteiger partial charge in [0, 0.05) is 27.7 Å². The molecule has 0 aromatic heterocycles. The molecule has 0 saturated heterocycles. The van der Waals surface area contributed by atoms with Gasteiger partial charge in [0.05, 0.1) is 6.42 Å². The summed E-state index contributed by atoms with van der Waals surface area (Å²) < 4.78 is 0. The molecule has 4 heteroatoms. The number of carboxylic acid groups (broad SMARTS) is 1. The Labute approximate surface area is 131 Å². The van der Waals surface area contributed by atoms with Crippen LogP contribution >= 0.6 is 0 Å². The first-order valence-electron chi connectivity index (χ1n) is 7.58. The van der Waals surface area contributed by atoms with E-state index in [1.165, 1.54) is 0 Å². The Morgan fingerprint density at radius 2 is 1.64 bits per heavy atom. The van der Waals surface area contributed by atoms with Crippen molar-refractivity contribution in [2.45, 2.75) is 53.4 Å². The predicted octanol–water partition coefficient (Wildman–Crippen LogP) is 3.63. The van der Waals surface area contributed by atoms with Crippen LogP contribution in [-0.4, -0.2) is 22.6 Å². The number of hydrogen-bond donors (Lipinski definition) is 1. The highest BCUT2D eigenvalue weighted by atomic mass is 16.4. The minimum absolute atomic E-state index is 0.151. The molecule has 1 N–H and O–H groups in total. The molecule has 120 valence electrons. The number of carbonyl (C=O) groups excluding carboxylic acids is 2. The quantitative estimate of drug-likeness (QED) is 0.576. The van der Waals surface area contributed by atoms with Crippen LogP contribution in [0.15, 0.2) is 34.9 Å². The fourth-order valence-corrected chi connectivity index (χ4v) is 3.14. The molecule has 1 rings (SSSR count). The summed E-state index contributed by atoms with van der Waals surface area (Å²) in [5.74, 6) is -1.32. The summed E-state index contributed by atoms with van der Waals surface area (Å²) in [7, 11) is 0. The molecule has 0 fully saturated rings. The van der Waals surface area contributed by atoms with Gasteiger partial charge in [-0.3, -0.25) is 14.4 Å². The highest BCUT2D eigenvalue weighted by molar-refractivity contribution is 6.25. The maximum absolute atomic E-state index is 12.8. The smallest absolute Gasteiger partial charge is 0.304 e. The van der Waals surface area contributed by atoms with Crippen molar-refractivity contribution in [2.24, 2.45) is 5.41 Å². The van der Waals surface area contributed by atoms with E-state index in [-0.39, 0.29) is 24.4 Å². The van der Waals surface area contributed by atoms with Crippen molar-refractivity contribution >= 4 is 17.5 Å². The average molecular weight is 304 g/mol. The molecule has 1 aliphatic rings. The molecule has 4 nitrogen and oxygen atoms in total. The first-order chi connectivity index (χ1) is 10.3. The van der Waals surface area contributed by atoms with Gasteiger partial charge in [-0.2, -0.15) is 0 Å². The Morgan fingerprint density at radius 3 is 2.05 bits per heavy atom. The first kappa shape index (κ1) is 18.1. The van der Waals surface area contributed by atoms with Gasteiger partial charge in [-0.15, -0.1) is 6.58 Å². The minimum atomic E-state index is -0.960. The monoisotopic (exact) mass is 304 g/mol.